The van der Waals surface area contributed by atoms with Crippen molar-refractivity contribution in [3.63, 3.8) is 0 Å². The van der Waals surface area contributed by atoms with Crippen molar-refractivity contribution < 1.29 is 9.90 Å². The Hall–Kier alpha value is -1.09. The van der Waals surface area contributed by atoms with Crippen molar-refractivity contribution in [1.29, 1.82) is 0 Å². The Balaban J connectivity index is 0.00000121. The van der Waals surface area contributed by atoms with Gasteiger partial charge in [0, 0.05) is 11.9 Å². The van der Waals surface area contributed by atoms with Gasteiger partial charge in [-0.25, -0.2) is 4.79 Å². The molecule has 1 aromatic rings. The van der Waals surface area contributed by atoms with Crippen LogP contribution in [0.1, 0.15) is 23.0 Å². The molecule has 0 atom stereocenters. The third kappa shape index (κ3) is 2.51. The molecule has 0 aliphatic heterocycles. The minimum Gasteiger partial charge on any atom is -0.478 e. The largest absolute Gasteiger partial charge is 0.478 e. The van der Waals surface area contributed by atoms with Crippen molar-refractivity contribution in [2.24, 2.45) is 0 Å². The Morgan fingerprint density at radius 3 is 2.58 bits per heavy atom. The van der Waals surface area contributed by atoms with Gasteiger partial charge in [-0.3, -0.25) is 4.98 Å². The Labute approximate surface area is 76.9 Å². The molecule has 0 aromatic carbocycles. The summed E-state index contributed by atoms with van der Waals surface area (Å²) < 4.78 is 0. The van der Waals surface area contributed by atoms with Crippen LogP contribution in [0.15, 0.2) is 18.3 Å². The van der Waals surface area contributed by atoms with Crippen LogP contribution in [0, 0.1) is 0 Å². The number of nitrogens with zero attached hydrogens (tertiary/aromatic N) is 1. The van der Waals surface area contributed by atoms with E-state index >= 15 is 0 Å². The predicted octanol–water partition coefficient (Wildman–Crippen LogP) is 1.76. The molecule has 4 heteroatoms. The lowest BCUT2D eigenvalue weighted by atomic mass is 10.2. The van der Waals surface area contributed by atoms with E-state index in [0.717, 1.165) is 12.1 Å². The average molecular weight is 188 g/mol. The number of carboxylic acid groups (broad SMARTS) is 1. The summed E-state index contributed by atoms with van der Waals surface area (Å²) >= 11 is 0. The van der Waals surface area contributed by atoms with E-state index in [1.807, 2.05) is 6.92 Å². The fourth-order valence-corrected chi connectivity index (χ4v) is 0.760. The van der Waals surface area contributed by atoms with Crippen LogP contribution in [0.4, 0.5) is 0 Å². The Morgan fingerprint density at radius 2 is 2.25 bits per heavy atom. The van der Waals surface area contributed by atoms with Gasteiger partial charge in [0.2, 0.25) is 0 Å². The lowest BCUT2D eigenvalue weighted by Crippen LogP contribution is -1.97. The number of carboxylic acids is 1. The zero-order chi connectivity index (χ0) is 8.27. The van der Waals surface area contributed by atoms with Gasteiger partial charge in [0.1, 0.15) is 0 Å². The van der Waals surface area contributed by atoms with E-state index in [9.17, 15) is 4.79 Å². The highest BCUT2D eigenvalue weighted by Crippen LogP contribution is 2.00. The van der Waals surface area contributed by atoms with Crippen molar-refractivity contribution in [3.05, 3.63) is 29.6 Å². The molecule has 0 fully saturated rings. The van der Waals surface area contributed by atoms with Crippen molar-refractivity contribution >= 4 is 18.4 Å². The van der Waals surface area contributed by atoms with E-state index < -0.39 is 5.97 Å². The zero-order valence-corrected chi connectivity index (χ0v) is 7.47. The first-order valence-corrected chi connectivity index (χ1v) is 3.42. The average Bonchev–Trinajstić information content (AvgIpc) is 2.05. The summed E-state index contributed by atoms with van der Waals surface area (Å²) in [4.78, 5) is 14.3. The smallest absolute Gasteiger partial charge is 0.337 e. The standard InChI is InChI=1S/C8H9NO2.ClH/c1-2-7-4-3-6(5-9-7)8(10)11;/h3-5H,2H2,1H3,(H,10,11);1H. The number of halogens is 1. The number of carbonyl (C=O) groups is 1. The Morgan fingerprint density at radius 1 is 1.58 bits per heavy atom. The topological polar surface area (TPSA) is 50.2 Å². The molecule has 1 aromatic heterocycles. The molecule has 12 heavy (non-hydrogen) atoms. The molecular formula is C8H10ClNO2. The lowest BCUT2D eigenvalue weighted by molar-refractivity contribution is 0.0696. The van der Waals surface area contributed by atoms with Gasteiger partial charge in [0.25, 0.3) is 0 Å². The molecular weight excluding hydrogens is 178 g/mol. The third-order valence-electron chi connectivity index (χ3n) is 1.43. The molecule has 0 saturated heterocycles. The van der Waals surface area contributed by atoms with Gasteiger partial charge in [-0.1, -0.05) is 6.92 Å². The molecule has 0 radical (unpaired) electrons. The summed E-state index contributed by atoms with van der Waals surface area (Å²) in [5, 5.41) is 8.51. The molecule has 0 spiro atoms. The molecule has 0 unspecified atom stereocenters. The number of aromatic nitrogens is 1. The fraction of sp³-hybridized carbons (Fsp3) is 0.250. The second kappa shape index (κ2) is 4.72. The van der Waals surface area contributed by atoms with Crippen LogP contribution in [0.25, 0.3) is 0 Å². The van der Waals surface area contributed by atoms with E-state index in [4.69, 9.17) is 5.11 Å². The summed E-state index contributed by atoms with van der Waals surface area (Å²) in [5.74, 6) is -0.930. The number of aryl methyl sites for hydroxylation is 1. The van der Waals surface area contributed by atoms with Gasteiger partial charge in [-0.05, 0) is 18.6 Å². The summed E-state index contributed by atoms with van der Waals surface area (Å²) in [7, 11) is 0. The monoisotopic (exact) mass is 187 g/mol. The first-order valence-electron chi connectivity index (χ1n) is 3.42. The first-order chi connectivity index (χ1) is 5.24. The number of aromatic carboxylic acids is 1. The summed E-state index contributed by atoms with van der Waals surface area (Å²) in [6.45, 7) is 1.97. The fourth-order valence-electron chi connectivity index (χ4n) is 0.760. The highest BCUT2D eigenvalue weighted by molar-refractivity contribution is 5.87. The molecule has 3 nitrogen and oxygen atoms in total. The number of hydrogen-bond donors (Lipinski definition) is 1. The van der Waals surface area contributed by atoms with Crippen molar-refractivity contribution in [1.82, 2.24) is 4.98 Å². The van der Waals surface area contributed by atoms with Crippen molar-refractivity contribution in [2.75, 3.05) is 0 Å². The van der Waals surface area contributed by atoms with Crippen molar-refractivity contribution in [2.45, 2.75) is 13.3 Å². The molecule has 1 heterocycles. The Kier molecular flexibility index (Phi) is 4.29. The molecule has 1 rings (SSSR count). The maximum Gasteiger partial charge on any atom is 0.337 e. The minimum atomic E-state index is -0.930. The summed E-state index contributed by atoms with van der Waals surface area (Å²) in [5.41, 5.74) is 1.15. The maximum absolute atomic E-state index is 10.4. The van der Waals surface area contributed by atoms with E-state index in [0.29, 0.717) is 0 Å². The molecule has 0 aliphatic carbocycles. The quantitative estimate of drug-likeness (QED) is 0.768. The predicted molar refractivity (Wildman–Crippen MR) is 47.8 cm³/mol. The lowest BCUT2D eigenvalue weighted by Gasteiger charge is -1.95. The Bertz CT molecular complexity index is 258. The molecule has 1 N–H and O–H groups in total. The van der Waals surface area contributed by atoms with Gasteiger partial charge in [0.05, 0.1) is 5.56 Å². The normalized spacial score (nSPS) is 8.75. The van der Waals surface area contributed by atoms with Crippen LogP contribution >= 0.6 is 12.4 Å². The molecule has 0 aliphatic rings. The summed E-state index contributed by atoms with van der Waals surface area (Å²) in [6, 6.07) is 3.29. The molecule has 66 valence electrons. The van der Waals surface area contributed by atoms with E-state index in [1.165, 1.54) is 6.20 Å². The number of rotatable bonds is 2. The third-order valence-corrected chi connectivity index (χ3v) is 1.43. The second-order valence-electron chi connectivity index (χ2n) is 2.20. The van der Waals surface area contributed by atoms with Gasteiger partial charge < -0.3 is 5.11 Å². The van der Waals surface area contributed by atoms with Gasteiger partial charge >= 0.3 is 5.97 Å². The van der Waals surface area contributed by atoms with Crippen molar-refractivity contribution in [3.8, 4) is 0 Å². The molecule has 0 saturated carbocycles. The zero-order valence-electron chi connectivity index (χ0n) is 6.65. The highest BCUT2D eigenvalue weighted by atomic mass is 35.5. The maximum atomic E-state index is 10.4. The van der Waals surface area contributed by atoms with E-state index in [2.05, 4.69) is 4.98 Å². The van der Waals surface area contributed by atoms with Crippen LogP contribution in [-0.4, -0.2) is 16.1 Å². The number of hydrogen-bond acceptors (Lipinski definition) is 2. The van der Waals surface area contributed by atoms with Gasteiger partial charge in [-0.2, -0.15) is 0 Å². The van der Waals surface area contributed by atoms with E-state index in [1.54, 1.807) is 12.1 Å². The van der Waals surface area contributed by atoms with Crippen LogP contribution in [0.2, 0.25) is 0 Å². The van der Waals surface area contributed by atoms with Gasteiger partial charge in [-0.15, -0.1) is 12.4 Å². The molecule has 0 amide bonds. The first kappa shape index (κ1) is 10.9. The molecule has 0 bridgehead atoms. The van der Waals surface area contributed by atoms with Crippen LogP contribution in [-0.2, 0) is 6.42 Å². The van der Waals surface area contributed by atoms with Gasteiger partial charge in [0.15, 0.2) is 0 Å². The van der Waals surface area contributed by atoms with Crippen LogP contribution in [0.5, 0.6) is 0 Å². The minimum absolute atomic E-state index is 0. The highest BCUT2D eigenvalue weighted by Gasteiger charge is 2.00. The summed E-state index contributed by atoms with van der Waals surface area (Å²) in [6.07, 6.45) is 2.21. The number of pyridine rings is 1. The van der Waals surface area contributed by atoms with Crippen LogP contribution in [0.3, 0.4) is 0 Å². The van der Waals surface area contributed by atoms with E-state index in [-0.39, 0.29) is 18.0 Å². The van der Waals surface area contributed by atoms with Crippen LogP contribution < -0.4 is 0 Å². The second-order valence-corrected chi connectivity index (χ2v) is 2.20. The SMILES string of the molecule is CCc1ccc(C(=O)O)cn1.Cl.